The molecule has 0 saturated carbocycles. The average molecular weight is 221 g/mol. The predicted octanol–water partition coefficient (Wildman–Crippen LogP) is 3.10. The summed E-state index contributed by atoms with van der Waals surface area (Å²) >= 11 is 0. The van der Waals surface area contributed by atoms with E-state index in [1.807, 2.05) is 19.3 Å². The fraction of sp³-hybridized carbons (Fsp3) is 0.692. The van der Waals surface area contributed by atoms with Gasteiger partial charge in [0, 0.05) is 12.2 Å². The highest BCUT2D eigenvalue weighted by molar-refractivity contribution is 5.10. The van der Waals surface area contributed by atoms with E-state index in [4.69, 9.17) is 0 Å². The topological polar surface area (TPSA) is 37.8 Å². The van der Waals surface area contributed by atoms with E-state index in [0.29, 0.717) is 6.04 Å². The highest BCUT2D eigenvalue weighted by Crippen LogP contribution is 2.18. The van der Waals surface area contributed by atoms with E-state index in [2.05, 4.69) is 22.4 Å². The highest BCUT2D eigenvalue weighted by atomic mass is 15.1. The summed E-state index contributed by atoms with van der Waals surface area (Å²) in [5, 5.41) is 11.1. The Kier molecular flexibility index (Phi) is 6.74. The monoisotopic (exact) mass is 221 g/mol. The molecule has 1 heterocycles. The maximum absolute atomic E-state index is 3.92. The molecule has 0 spiro atoms. The second kappa shape index (κ2) is 8.22. The molecule has 0 aliphatic rings. The summed E-state index contributed by atoms with van der Waals surface area (Å²) in [7, 11) is 2.01. The normalized spacial score (nSPS) is 12.6. The number of hydrogen-bond acceptors (Lipinski definition) is 3. The molecule has 0 aliphatic heterocycles. The second-order valence-corrected chi connectivity index (χ2v) is 4.22. The van der Waals surface area contributed by atoms with Gasteiger partial charge < -0.3 is 5.32 Å². The molecule has 0 aliphatic carbocycles. The van der Waals surface area contributed by atoms with Crippen LogP contribution in [0.5, 0.6) is 0 Å². The van der Waals surface area contributed by atoms with Crippen molar-refractivity contribution >= 4 is 0 Å². The van der Waals surface area contributed by atoms with E-state index < -0.39 is 0 Å². The van der Waals surface area contributed by atoms with Gasteiger partial charge in [-0.25, -0.2) is 0 Å². The minimum absolute atomic E-state index is 0.428. The molecular weight excluding hydrogens is 198 g/mol. The van der Waals surface area contributed by atoms with Crippen molar-refractivity contribution < 1.29 is 0 Å². The number of nitrogens with zero attached hydrogens (tertiary/aromatic N) is 2. The Balaban J connectivity index is 2.27. The number of rotatable bonds is 8. The Morgan fingerprint density at radius 2 is 2.00 bits per heavy atom. The lowest BCUT2D eigenvalue weighted by molar-refractivity contribution is 0.499. The minimum atomic E-state index is 0.428. The first kappa shape index (κ1) is 13.1. The van der Waals surface area contributed by atoms with Crippen LogP contribution in [0.3, 0.4) is 0 Å². The van der Waals surface area contributed by atoms with Gasteiger partial charge in [-0.3, -0.25) is 0 Å². The Morgan fingerprint density at radius 1 is 1.19 bits per heavy atom. The van der Waals surface area contributed by atoms with Crippen molar-refractivity contribution in [3.8, 4) is 0 Å². The van der Waals surface area contributed by atoms with Gasteiger partial charge in [0.2, 0.25) is 0 Å². The van der Waals surface area contributed by atoms with Crippen molar-refractivity contribution in [1.29, 1.82) is 0 Å². The second-order valence-electron chi connectivity index (χ2n) is 4.22. The van der Waals surface area contributed by atoms with Crippen LogP contribution in [-0.2, 0) is 0 Å². The molecule has 0 aromatic carbocycles. The largest absolute Gasteiger partial charge is 0.313 e. The molecule has 1 rings (SSSR count). The number of nitrogens with one attached hydrogen (secondary N) is 1. The molecular formula is C13H23N3. The molecule has 0 saturated heterocycles. The molecule has 0 fully saturated rings. The fourth-order valence-electron chi connectivity index (χ4n) is 1.94. The third-order valence-corrected chi connectivity index (χ3v) is 2.95. The molecule has 0 amide bonds. The molecule has 1 aromatic rings. The van der Waals surface area contributed by atoms with Crippen LogP contribution in [-0.4, -0.2) is 17.2 Å². The molecule has 1 atom stereocenters. The Morgan fingerprint density at radius 3 is 2.62 bits per heavy atom. The first-order valence-electron chi connectivity index (χ1n) is 6.32. The van der Waals surface area contributed by atoms with Crippen LogP contribution in [0.25, 0.3) is 0 Å². The van der Waals surface area contributed by atoms with E-state index in [1.165, 1.54) is 44.1 Å². The lowest BCUT2D eigenvalue weighted by Crippen LogP contribution is -2.16. The van der Waals surface area contributed by atoms with Crippen molar-refractivity contribution in [2.24, 2.45) is 0 Å². The van der Waals surface area contributed by atoms with Crippen molar-refractivity contribution in [3.05, 3.63) is 24.0 Å². The summed E-state index contributed by atoms with van der Waals surface area (Å²) in [4.78, 5) is 0. The van der Waals surface area contributed by atoms with Gasteiger partial charge in [0.15, 0.2) is 0 Å². The molecule has 90 valence electrons. The summed E-state index contributed by atoms with van der Waals surface area (Å²) in [6.45, 7) is 2.25. The zero-order valence-electron chi connectivity index (χ0n) is 10.4. The predicted molar refractivity (Wildman–Crippen MR) is 67.2 cm³/mol. The molecule has 1 aromatic heterocycles. The summed E-state index contributed by atoms with van der Waals surface area (Å²) < 4.78 is 0. The molecule has 1 unspecified atom stereocenters. The first-order valence-corrected chi connectivity index (χ1v) is 6.32. The number of aromatic nitrogens is 2. The van der Waals surface area contributed by atoms with Crippen LogP contribution < -0.4 is 5.32 Å². The van der Waals surface area contributed by atoms with Crippen LogP contribution in [0.15, 0.2) is 18.5 Å². The van der Waals surface area contributed by atoms with Gasteiger partial charge in [-0.1, -0.05) is 39.0 Å². The van der Waals surface area contributed by atoms with E-state index in [0.717, 1.165) is 0 Å². The van der Waals surface area contributed by atoms with Gasteiger partial charge in [0.05, 0.1) is 6.20 Å². The molecule has 3 heteroatoms. The fourth-order valence-corrected chi connectivity index (χ4v) is 1.94. The Bertz CT molecular complexity index is 261. The number of hydrogen-bond donors (Lipinski definition) is 1. The first-order chi connectivity index (χ1) is 7.88. The molecule has 0 radical (unpaired) electrons. The van der Waals surface area contributed by atoms with E-state index in [-0.39, 0.29) is 0 Å². The van der Waals surface area contributed by atoms with Crippen LogP contribution in [0.1, 0.15) is 57.1 Å². The van der Waals surface area contributed by atoms with E-state index in [9.17, 15) is 0 Å². The molecule has 0 bridgehead atoms. The maximum Gasteiger partial charge on any atom is 0.0544 e. The summed E-state index contributed by atoms with van der Waals surface area (Å²) in [6, 6.07) is 2.47. The van der Waals surface area contributed by atoms with Crippen LogP contribution in [0.4, 0.5) is 0 Å². The van der Waals surface area contributed by atoms with Gasteiger partial charge in [0.1, 0.15) is 0 Å². The third kappa shape index (κ3) is 4.71. The zero-order chi connectivity index (χ0) is 11.6. The smallest absolute Gasteiger partial charge is 0.0544 e. The van der Waals surface area contributed by atoms with E-state index in [1.54, 1.807) is 6.20 Å². The van der Waals surface area contributed by atoms with Gasteiger partial charge in [-0.15, -0.1) is 0 Å². The number of unbranched alkanes of at least 4 members (excludes halogenated alkanes) is 4. The summed E-state index contributed by atoms with van der Waals surface area (Å²) in [5.41, 5.74) is 1.24. The lowest BCUT2D eigenvalue weighted by Gasteiger charge is -2.15. The molecule has 1 N–H and O–H groups in total. The minimum Gasteiger partial charge on any atom is -0.313 e. The molecule has 3 nitrogen and oxygen atoms in total. The zero-order valence-corrected chi connectivity index (χ0v) is 10.4. The van der Waals surface area contributed by atoms with Gasteiger partial charge in [-0.05, 0) is 25.1 Å². The quantitative estimate of drug-likeness (QED) is 0.685. The maximum atomic E-state index is 3.92. The summed E-state index contributed by atoms with van der Waals surface area (Å²) in [5.74, 6) is 0. The SMILES string of the molecule is CCCCCCCC(NC)c1ccnnc1. The molecule has 16 heavy (non-hydrogen) atoms. The highest BCUT2D eigenvalue weighted by Gasteiger charge is 2.08. The lowest BCUT2D eigenvalue weighted by atomic mass is 10.0. The Hall–Kier alpha value is -0.960. The standard InChI is InChI=1S/C13H23N3/c1-3-4-5-6-7-8-13(14-2)12-9-10-15-16-11-12/h9-11,13-14H,3-8H2,1-2H3. The van der Waals surface area contributed by atoms with Gasteiger partial charge in [-0.2, -0.15) is 10.2 Å². The van der Waals surface area contributed by atoms with Crippen LogP contribution in [0, 0.1) is 0 Å². The third-order valence-electron chi connectivity index (χ3n) is 2.95. The van der Waals surface area contributed by atoms with Crippen LogP contribution in [0.2, 0.25) is 0 Å². The van der Waals surface area contributed by atoms with E-state index >= 15 is 0 Å². The Labute approximate surface area is 98.7 Å². The summed E-state index contributed by atoms with van der Waals surface area (Å²) in [6.07, 6.45) is 11.5. The van der Waals surface area contributed by atoms with Crippen molar-refractivity contribution in [2.45, 2.75) is 51.5 Å². The average Bonchev–Trinajstić information content (AvgIpc) is 2.35. The van der Waals surface area contributed by atoms with Crippen molar-refractivity contribution in [2.75, 3.05) is 7.05 Å². The van der Waals surface area contributed by atoms with Gasteiger partial charge >= 0.3 is 0 Å². The van der Waals surface area contributed by atoms with Crippen molar-refractivity contribution in [1.82, 2.24) is 15.5 Å². The van der Waals surface area contributed by atoms with Crippen molar-refractivity contribution in [3.63, 3.8) is 0 Å². The van der Waals surface area contributed by atoms with Crippen LogP contribution >= 0.6 is 0 Å². The van der Waals surface area contributed by atoms with Gasteiger partial charge in [0.25, 0.3) is 0 Å².